The van der Waals surface area contributed by atoms with Gasteiger partial charge in [-0.1, -0.05) is 62.2 Å². The number of rotatable bonds is 5. The van der Waals surface area contributed by atoms with Gasteiger partial charge in [0.25, 0.3) is 0 Å². The minimum absolute atomic E-state index is 0.104. The molecule has 0 radical (unpaired) electrons. The van der Waals surface area contributed by atoms with Crippen molar-refractivity contribution in [1.29, 1.82) is 0 Å². The van der Waals surface area contributed by atoms with Crippen molar-refractivity contribution in [3.8, 4) is 0 Å². The molecule has 0 saturated heterocycles. The van der Waals surface area contributed by atoms with E-state index in [2.05, 4.69) is 41.3 Å². The highest BCUT2D eigenvalue weighted by Crippen LogP contribution is 2.32. The van der Waals surface area contributed by atoms with Crippen LogP contribution in [0.1, 0.15) is 10.4 Å². The van der Waals surface area contributed by atoms with Gasteiger partial charge in [0, 0.05) is 0 Å². The Morgan fingerprint density at radius 2 is 1.55 bits per heavy atom. The molecule has 0 aliphatic rings. The van der Waals surface area contributed by atoms with Crippen LogP contribution in [0.5, 0.6) is 0 Å². The summed E-state index contributed by atoms with van der Waals surface area (Å²) in [6.45, 7) is 0. The van der Waals surface area contributed by atoms with Gasteiger partial charge < -0.3 is 9.47 Å². The summed E-state index contributed by atoms with van der Waals surface area (Å²) in [5.74, 6) is -1.46. The Hall–Kier alpha value is -1.14. The van der Waals surface area contributed by atoms with Gasteiger partial charge in [0.15, 0.2) is 0 Å². The summed E-state index contributed by atoms with van der Waals surface area (Å²) in [6, 6.07) is 9.62. The van der Waals surface area contributed by atoms with Crippen LogP contribution in [0, 0.1) is 0 Å². The third-order valence-electron chi connectivity index (χ3n) is 2.53. The van der Waals surface area contributed by atoms with Crippen molar-refractivity contribution < 1.29 is 19.1 Å². The smallest absolute Gasteiger partial charge is 0.345 e. The van der Waals surface area contributed by atoms with Crippen molar-refractivity contribution in [3.63, 3.8) is 0 Å². The van der Waals surface area contributed by atoms with Crippen LogP contribution in [0.3, 0.4) is 0 Å². The zero-order valence-corrected chi connectivity index (χ0v) is 14.2. The fraction of sp³-hybridized carbons (Fsp3) is 0.286. The van der Waals surface area contributed by atoms with Crippen LogP contribution in [0.4, 0.5) is 0 Å². The molecule has 0 aliphatic carbocycles. The maximum absolute atomic E-state index is 11.6. The minimum atomic E-state index is -0.728. The molecule has 0 N–H and O–H groups in total. The maximum Gasteiger partial charge on any atom is 0.345 e. The Morgan fingerprint density at radius 3 is 2.00 bits per heavy atom. The number of carbonyl (C=O) groups excluding carboxylic acids is 2. The Bertz CT molecular complexity index is 481. The number of benzene rings is 1. The van der Waals surface area contributed by atoms with Crippen molar-refractivity contribution in [3.05, 3.63) is 47.5 Å². The lowest BCUT2D eigenvalue weighted by atomic mass is 10.1. The molecule has 0 fully saturated rings. The van der Waals surface area contributed by atoms with Crippen LogP contribution >= 0.6 is 31.9 Å². The number of methoxy groups -OCH3 is 2. The Morgan fingerprint density at radius 1 is 1.05 bits per heavy atom. The second-order valence-corrected chi connectivity index (χ2v) is 5.86. The molecule has 6 heteroatoms. The normalized spacial score (nSPS) is 13.0. The van der Waals surface area contributed by atoms with Crippen molar-refractivity contribution >= 4 is 43.8 Å². The van der Waals surface area contributed by atoms with Gasteiger partial charge in [-0.2, -0.15) is 0 Å². The molecular formula is C14H14Br2O4. The first-order chi connectivity index (χ1) is 9.51. The maximum atomic E-state index is 11.6. The van der Waals surface area contributed by atoms with Crippen LogP contribution < -0.4 is 0 Å². The molecule has 0 aromatic heterocycles. The molecule has 20 heavy (non-hydrogen) atoms. The number of carbonyl (C=O) groups is 2. The second-order valence-electron chi connectivity index (χ2n) is 3.82. The SMILES string of the molecule is COC(=O)C(=C[C@@H](Br)[C@@H](Br)c1ccccc1)C(=O)OC. The van der Waals surface area contributed by atoms with E-state index < -0.39 is 11.9 Å². The van der Waals surface area contributed by atoms with Gasteiger partial charge >= 0.3 is 11.9 Å². The first kappa shape index (κ1) is 16.9. The summed E-state index contributed by atoms with van der Waals surface area (Å²) < 4.78 is 9.15. The minimum Gasteiger partial charge on any atom is -0.465 e. The lowest BCUT2D eigenvalue weighted by Gasteiger charge is -2.15. The topological polar surface area (TPSA) is 52.6 Å². The highest BCUT2D eigenvalue weighted by Gasteiger charge is 2.24. The number of hydrogen-bond acceptors (Lipinski definition) is 4. The van der Waals surface area contributed by atoms with E-state index in [1.54, 1.807) is 0 Å². The van der Waals surface area contributed by atoms with Crippen molar-refractivity contribution in [2.75, 3.05) is 14.2 Å². The zero-order chi connectivity index (χ0) is 15.1. The van der Waals surface area contributed by atoms with E-state index in [4.69, 9.17) is 0 Å². The Balaban J connectivity index is 2.99. The molecule has 2 atom stereocenters. The molecule has 0 heterocycles. The number of halogens is 2. The summed E-state index contributed by atoms with van der Waals surface area (Å²) in [7, 11) is 2.43. The molecule has 4 nitrogen and oxygen atoms in total. The summed E-state index contributed by atoms with van der Waals surface area (Å²) >= 11 is 6.96. The number of ether oxygens (including phenoxy) is 2. The lowest BCUT2D eigenvalue weighted by molar-refractivity contribution is -0.144. The molecule has 1 rings (SSSR count). The second kappa shape index (κ2) is 8.21. The van der Waals surface area contributed by atoms with Gasteiger partial charge in [-0.25, -0.2) is 9.59 Å². The molecule has 0 amide bonds. The Kier molecular flexibility index (Phi) is 6.95. The van der Waals surface area contributed by atoms with Crippen LogP contribution in [-0.4, -0.2) is 31.0 Å². The van der Waals surface area contributed by atoms with Crippen LogP contribution in [0.15, 0.2) is 42.0 Å². The largest absolute Gasteiger partial charge is 0.465 e. The van der Waals surface area contributed by atoms with Crippen LogP contribution in [0.2, 0.25) is 0 Å². The highest BCUT2D eigenvalue weighted by atomic mass is 79.9. The summed E-state index contributed by atoms with van der Waals surface area (Å²) in [4.78, 5) is 22.8. The van der Waals surface area contributed by atoms with Crippen molar-refractivity contribution in [2.45, 2.75) is 9.65 Å². The van der Waals surface area contributed by atoms with Crippen molar-refractivity contribution in [2.24, 2.45) is 0 Å². The predicted octanol–water partition coefficient (Wildman–Crippen LogP) is 3.16. The van der Waals surface area contributed by atoms with Gasteiger partial charge in [-0.3, -0.25) is 0 Å². The third kappa shape index (κ3) is 4.45. The molecule has 1 aromatic carbocycles. The molecule has 0 aliphatic heterocycles. The van der Waals surface area contributed by atoms with Crippen LogP contribution in [-0.2, 0) is 19.1 Å². The standard InChI is InChI=1S/C14H14Br2O4/c1-19-13(17)10(14(18)20-2)8-11(15)12(16)9-6-4-3-5-7-9/h3-8,11-12H,1-2H3/t11-,12+/m1/s1. The number of esters is 2. The summed E-state index contributed by atoms with van der Waals surface area (Å²) in [5, 5.41) is 0. The average molecular weight is 406 g/mol. The van der Waals surface area contributed by atoms with Crippen LogP contribution in [0.25, 0.3) is 0 Å². The zero-order valence-electron chi connectivity index (χ0n) is 11.0. The number of hydrogen-bond donors (Lipinski definition) is 0. The van der Waals surface area contributed by atoms with E-state index in [-0.39, 0.29) is 15.2 Å². The Labute approximate surface area is 134 Å². The third-order valence-corrected chi connectivity index (χ3v) is 5.13. The van der Waals surface area contributed by atoms with E-state index in [1.807, 2.05) is 30.3 Å². The first-order valence-corrected chi connectivity index (χ1v) is 7.56. The number of alkyl halides is 2. The fourth-order valence-corrected chi connectivity index (χ4v) is 2.53. The fourth-order valence-electron chi connectivity index (χ4n) is 1.50. The van der Waals surface area contributed by atoms with Gasteiger partial charge in [0.05, 0.1) is 23.9 Å². The molecule has 0 bridgehead atoms. The van der Waals surface area contributed by atoms with Gasteiger partial charge in [0.2, 0.25) is 0 Å². The van der Waals surface area contributed by atoms with E-state index >= 15 is 0 Å². The first-order valence-electron chi connectivity index (χ1n) is 5.72. The van der Waals surface area contributed by atoms with E-state index in [1.165, 1.54) is 20.3 Å². The highest BCUT2D eigenvalue weighted by molar-refractivity contribution is 9.12. The predicted molar refractivity (Wildman–Crippen MR) is 82.9 cm³/mol. The average Bonchev–Trinajstić information content (AvgIpc) is 2.50. The van der Waals surface area contributed by atoms with Gasteiger partial charge in [-0.15, -0.1) is 0 Å². The van der Waals surface area contributed by atoms with Gasteiger partial charge in [-0.05, 0) is 11.6 Å². The summed E-state index contributed by atoms with van der Waals surface area (Å²) in [6.07, 6.45) is 1.48. The lowest BCUT2D eigenvalue weighted by Crippen LogP contribution is -2.18. The molecule has 108 valence electrons. The molecule has 0 unspecified atom stereocenters. The molecule has 1 aromatic rings. The monoisotopic (exact) mass is 404 g/mol. The number of allylic oxidation sites excluding steroid dienone is 1. The molecular weight excluding hydrogens is 392 g/mol. The van der Waals surface area contributed by atoms with E-state index in [0.717, 1.165) is 5.56 Å². The van der Waals surface area contributed by atoms with E-state index in [0.29, 0.717) is 0 Å². The molecule has 0 spiro atoms. The quantitative estimate of drug-likeness (QED) is 0.248. The molecule has 0 saturated carbocycles. The van der Waals surface area contributed by atoms with E-state index in [9.17, 15) is 9.59 Å². The summed E-state index contributed by atoms with van der Waals surface area (Å²) in [5.41, 5.74) is 0.872. The van der Waals surface area contributed by atoms with Crippen molar-refractivity contribution in [1.82, 2.24) is 0 Å². The van der Waals surface area contributed by atoms with Gasteiger partial charge in [0.1, 0.15) is 5.57 Å².